The van der Waals surface area contributed by atoms with Crippen LogP contribution in [0.5, 0.6) is 17.2 Å². The molecule has 1 aliphatic heterocycles. The number of thiocarbonyl (C=S) groups is 1. The third-order valence-corrected chi connectivity index (χ3v) is 5.38. The first-order chi connectivity index (χ1) is 14.1. The van der Waals surface area contributed by atoms with Crippen LogP contribution >= 0.6 is 24.0 Å². The predicted molar refractivity (Wildman–Crippen MR) is 122 cm³/mol. The van der Waals surface area contributed by atoms with Crippen molar-refractivity contribution >= 4 is 46.0 Å². The maximum atomic E-state index is 13.1. The van der Waals surface area contributed by atoms with Crippen LogP contribution in [0.2, 0.25) is 0 Å². The van der Waals surface area contributed by atoms with Gasteiger partial charge in [0.05, 0.1) is 30.4 Å². The topological polar surface area (TPSA) is 48.0 Å². The van der Waals surface area contributed by atoms with E-state index in [0.29, 0.717) is 46.2 Å². The highest BCUT2D eigenvalue weighted by molar-refractivity contribution is 8.27. The van der Waals surface area contributed by atoms with Crippen molar-refractivity contribution in [1.82, 2.24) is 0 Å². The number of anilines is 1. The highest BCUT2D eigenvalue weighted by atomic mass is 32.2. The van der Waals surface area contributed by atoms with Gasteiger partial charge in [-0.15, -0.1) is 0 Å². The zero-order valence-corrected chi connectivity index (χ0v) is 18.3. The fourth-order valence-electron chi connectivity index (χ4n) is 2.91. The lowest BCUT2D eigenvalue weighted by molar-refractivity contribution is -0.113. The SMILES string of the molecule is CCOc1ccc(/C=C2\SC(=S)N(c3ccccc3OCC)C2=O)c(OCC)c1. The zero-order valence-electron chi connectivity index (χ0n) is 16.6. The number of carbonyl (C=O) groups excluding carboxylic acids is 1. The highest BCUT2D eigenvalue weighted by Gasteiger charge is 2.35. The molecule has 2 aromatic carbocycles. The van der Waals surface area contributed by atoms with Gasteiger partial charge in [-0.1, -0.05) is 36.1 Å². The van der Waals surface area contributed by atoms with Gasteiger partial charge < -0.3 is 14.2 Å². The van der Waals surface area contributed by atoms with E-state index in [-0.39, 0.29) is 5.91 Å². The standard InChI is InChI=1S/C22H23NO4S2/c1-4-25-16-12-11-15(19(14-16)27-6-3)13-20-21(24)23(22(28)29-20)17-9-7-8-10-18(17)26-5-2/h7-14H,4-6H2,1-3H3/b20-13-. The van der Waals surface area contributed by atoms with E-state index in [9.17, 15) is 4.79 Å². The molecule has 1 aliphatic rings. The van der Waals surface area contributed by atoms with Crippen LogP contribution in [0.15, 0.2) is 47.4 Å². The minimum atomic E-state index is -0.177. The van der Waals surface area contributed by atoms with E-state index >= 15 is 0 Å². The Balaban J connectivity index is 1.95. The van der Waals surface area contributed by atoms with Crippen LogP contribution in [0.25, 0.3) is 6.08 Å². The van der Waals surface area contributed by atoms with Gasteiger partial charge in [0.15, 0.2) is 4.32 Å². The van der Waals surface area contributed by atoms with Gasteiger partial charge in [0, 0.05) is 11.6 Å². The van der Waals surface area contributed by atoms with Crippen molar-refractivity contribution in [3.05, 3.63) is 52.9 Å². The van der Waals surface area contributed by atoms with Gasteiger partial charge in [-0.25, -0.2) is 0 Å². The molecule has 7 heteroatoms. The summed E-state index contributed by atoms with van der Waals surface area (Å²) < 4.78 is 17.4. The molecule has 0 spiro atoms. The molecular weight excluding hydrogens is 406 g/mol. The quantitative estimate of drug-likeness (QED) is 0.420. The summed E-state index contributed by atoms with van der Waals surface area (Å²) in [6.07, 6.45) is 1.81. The van der Waals surface area contributed by atoms with Gasteiger partial charge in [-0.05, 0) is 51.1 Å². The summed E-state index contributed by atoms with van der Waals surface area (Å²) >= 11 is 6.76. The second-order valence-corrected chi connectivity index (χ2v) is 7.66. The Kier molecular flexibility index (Phi) is 7.17. The van der Waals surface area contributed by atoms with Crippen LogP contribution in [0.1, 0.15) is 26.3 Å². The molecule has 1 saturated heterocycles. The predicted octanol–water partition coefficient (Wildman–Crippen LogP) is 5.29. The fraction of sp³-hybridized carbons (Fsp3) is 0.273. The summed E-state index contributed by atoms with van der Waals surface area (Å²) in [5.41, 5.74) is 1.45. The third-order valence-electron chi connectivity index (χ3n) is 4.08. The second kappa shape index (κ2) is 9.80. The molecular formula is C22H23NO4S2. The fourth-order valence-corrected chi connectivity index (χ4v) is 4.18. The lowest BCUT2D eigenvalue weighted by Crippen LogP contribution is -2.28. The minimum Gasteiger partial charge on any atom is -0.494 e. The molecule has 2 aromatic rings. The van der Waals surface area contributed by atoms with Crippen molar-refractivity contribution < 1.29 is 19.0 Å². The van der Waals surface area contributed by atoms with Crippen LogP contribution in [-0.2, 0) is 4.79 Å². The van der Waals surface area contributed by atoms with Crippen molar-refractivity contribution in [3.63, 3.8) is 0 Å². The zero-order chi connectivity index (χ0) is 20.8. The van der Waals surface area contributed by atoms with Gasteiger partial charge in [0.2, 0.25) is 0 Å². The maximum Gasteiger partial charge on any atom is 0.270 e. The molecule has 29 heavy (non-hydrogen) atoms. The molecule has 5 nitrogen and oxygen atoms in total. The van der Waals surface area contributed by atoms with E-state index in [1.807, 2.05) is 69.3 Å². The second-order valence-electron chi connectivity index (χ2n) is 5.98. The molecule has 0 aromatic heterocycles. The number of benzene rings is 2. The molecule has 1 fully saturated rings. The minimum absolute atomic E-state index is 0.177. The summed E-state index contributed by atoms with van der Waals surface area (Å²) in [4.78, 5) is 15.2. The van der Waals surface area contributed by atoms with E-state index in [2.05, 4.69) is 0 Å². The highest BCUT2D eigenvalue weighted by Crippen LogP contribution is 2.40. The number of para-hydroxylation sites is 2. The van der Waals surface area contributed by atoms with Gasteiger partial charge >= 0.3 is 0 Å². The summed E-state index contributed by atoms with van der Waals surface area (Å²) in [5, 5.41) is 0. The molecule has 0 atom stereocenters. The van der Waals surface area contributed by atoms with Gasteiger partial charge in [-0.2, -0.15) is 0 Å². The van der Waals surface area contributed by atoms with Crippen LogP contribution in [0, 0.1) is 0 Å². The first-order valence-corrected chi connectivity index (χ1v) is 10.7. The average molecular weight is 430 g/mol. The van der Waals surface area contributed by atoms with Crippen LogP contribution in [0.3, 0.4) is 0 Å². The van der Waals surface area contributed by atoms with Gasteiger partial charge in [0.25, 0.3) is 5.91 Å². The first kappa shape index (κ1) is 21.2. The average Bonchev–Trinajstić information content (AvgIpc) is 2.98. The van der Waals surface area contributed by atoms with Gasteiger partial charge in [0.1, 0.15) is 17.2 Å². The number of ether oxygens (including phenoxy) is 3. The van der Waals surface area contributed by atoms with E-state index in [0.717, 1.165) is 11.3 Å². The summed E-state index contributed by atoms with van der Waals surface area (Å²) in [6, 6.07) is 13.0. The normalized spacial score (nSPS) is 15.1. The Morgan fingerprint density at radius 2 is 1.66 bits per heavy atom. The molecule has 1 amide bonds. The molecule has 0 unspecified atom stereocenters. The molecule has 0 radical (unpaired) electrons. The lowest BCUT2D eigenvalue weighted by atomic mass is 10.1. The molecule has 0 saturated carbocycles. The summed E-state index contributed by atoms with van der Waals surface area (Å²) in [7, 11) is 0. The van der Waals surface area contributed by atoms with Crippen LogP contribution < -0.4 is 19.1 Å². The van der Waals surface area contributed by atoms with Crippen molar-refractivity contribution in [2.75, 3.05) is 24.7 Å². The molecule has 0 aliphatic carbocycles. The number of carbonyl (C=O) groups is 1. The van der Waals surface area contributed by atoms with Gasteiger partial charge in [-0.3, -0.25) is 9.69 Å². The Labute approximate surface area is 180 Å². The molecule has 0 bridgehead atoms. The lowest BCUT2D eigenvalue weighted by Gasteiger charge is -2.18. The summed E-state index contributed by atoms with van der Waals surface area (Å²) in [6.45, 7) is 7.34. The third kappa shape index (κ3) is 4.74. The number of rotatable bonds is 8. The van der Waals surface area contributed by atoms with Crippen molar-refractivity contribution in [2.24, 2.45) is 0 Å². The largest absolute Gasteiger partial charge is 0.494 e. The Morgan fingerprint density at radius 3 is 2.38 bits per heavy atom. The van der Waals surface area contributed by atoms with Crippen LogP contribution in [0.4, 0.5) is 5.69 Å². The maximum absolute atomic E-state index is 13.1. The number of nitrogens with zero attached hydrogens (tertiary/aromatic N) is 1. The van der Waals surface area contributed by atoms with Crippen LogP contribution in [-0.4, -0.2) is 30.0 Å². The Hall–Kier alpha value is -2.51. The van der Waals surface area contributed by atoms with E-state index in [1.54, 1.807) is 0 Å². The van der Waals surface area contributed by atoms with E-state index in [1.165, 1.54) is 16.7 Å². The Bertz CT molecular complexity index is 942. The first-order valence-electron chi connectivity index (χ1n) is 9.48. The molecule has 152 valence electrons. The Morgan fingerprint density at radius 1 is 0.966 bits per heavy atom. The molecule has 0 N–H and O–H groups in total. The molecule has 1 heterocycles. The van der Waals surface area contributed by atoms with E-state index < -0.39 is 0 Å². The number of hydrogen-bond donors (Lipinski definition) is 0. The summed E-state index contributed by atoms with van der Waals surface area (Å²) in [5.74, 6) is 1.84. The van der Waals surface area contributed by atoms with E-state index in [4.69, 9.17) is 26.4 Å². The van der Waals surface area contributed by atoms with Crippen molar-refractivity contribution in [1.29, 1.82) is 0 Å². The number of hydrogen-bond acceptors (Lipinski definition) is 6. The smallest absolute Gasteiger partial charge is 0.270 e. The van der Waals surface area contributed by atoms with Crippen molar-refractivity contribution in [3.8, 4) is 17.2 Å². The molecule has 3 rings (SSSR count). The number of thioether (sulfide) groups is 1. The monoisotopic (exact) mass is 429 g/mol. The number of amides is 1. The van der Waals surface area contributed by atoms with Crippen molar-refractivity contribution in [2.45, 2.75) is 20.8 Å².